The Morgan fingerprint density at radius 1 is 1.00 bits per heavy atom. The topological polar surface area (TPSA) is 39.2 Å². The summed E-state index contributed by atoms with van der Waals surface area (Å²) in [7, 11) is 0. The van der Waals surface area contributed by atoms with Crippen LogP contribution in [-0.2, 0) is 11.4 Å². The molecule has 3 aromatic rings. The van der Waals surface area contributed by atoms with E-state index in [4.69, 9.17) is 4.74 Å². The molecule has 0 bridgehead atoms. The van der Waals surface area contributed by atoms with Gasteiger partial charge in [-0.2, -0.15) is 0 Å². The van der Waals surface area contributed by atoms with Crippen LogP contribution in [0.1, 0.15) is 16.7 Å². The van der Waals surface area contributed by atoms with Gasteiger partial charge in [0.15, 0.2) is 6.29 Å². The summed E-state index contributed by atoms with van der Waals surface area (Å²) in [6, 6.07) is 21.4. The van der Waals surface area contributed by atoms with Gasteiger partial charge in [-0.3, -0.25) is 9.78 Å². The normalized spacial score (nSPS) is 11.1. The molecule has 0 aliphatic heterocycles. The van der Waals surface area contributed by atoms with Gasteiger partial charge in [-0.25, -0.2) is 0 Å². The van der Waals surface area contributed by atoms with Crippen molar-refractivity contribution in [2.75, 3.05) is 0 Å². The Balaban J connectivity index is 1.77. The number of ether oxygens (including phenoxy) is 1. The first-order valence-electron chi connectivity index (χ1n) is 7.69. The van der Waals surface area contributed by atoms with Crippen LogP contribution in [0, 0.1) is 0 Å². The third-order valence-electron chi connectivity index (χ3n) is 3.55. The van der Waals surface area contributed by atoms with E-state index in [0.717, 1.165) is 28.7 Å². The van der Waals surface area contributed by atoms with Gasteiger partial charge < -0.3 is 4.74 Å². The predicted molar refractivity (Wildman–Crippen MR) is 95.4 cm³/mol. The molecule has 2 aromatic carbocycles. The van der Waals surface area contributed by atoms with Crippen molar-refractivity contribution in [3.8, 4) is 5.75 Å². The number of hydrogen-bond donors (Lipinski definition) is 0. The Hall–Kier alpha value is -3.20. The van der Waals surface area contributed by atoms with Gasteiger partial charge >= 0.3 is 0 Å². The molecule has 1 heterocycles. The molecule has 0 aliphatic rings. The zero-order valence-corrected chi connectivity index (χ0v) is 13.1. The Morgan fingerprint density at radius 3 is 2.62 bits per heavy atom. The standard InChI is InChI=1S/C21H17NO2/c23-15-20(19-9-5-11-22-14-19)12-18-8-4-10-21(13-18)24-16-17-6-2-1-3-7-17/h1-15H,16H2. The van der Waals surface area contributed by atoms with Crippen LogP contribution in [0.5, 0.6) is 5.75 Å². The molecule has 1 aromatic heterocycles. The quantitative estimate of drug-likeness (QED) is 0.500. The summed E-state index contributed by atoms with van der Waals surface area (Å²) < 4.78 is 5.82. The number of aromatic nitrogens is 1. The van der Waals surface area contributed by atoms with Crippen LogP contribution in [0.4, 0.5) is 0 Å². The summed E-state index contributed by atoms with van der Waals surface area (Å²) in [6.07, 6.45) is 6.04. The summed E-state index contributed by atoms with van der Waals surface area (Å²) in [4.78, 5) is 15.4. The van der Waals surface area contributed by atoms with E-state index in [1.54, 1.807) is 12.4 Å². The fraction of sp³-hybridized carbons (Fsp3) is 0.0476. The SMILES string of the molecule is O=CC(=Cc1cccc(OCc2ccccc2)c1)c1cccnc1. The third kappa shape index (κ3) is 4.17. The zero-order valence-electron chi connectivity index (χ0n) is 13.1. The van der Waals surface area contributed by atoms with Crippen LogP contribution in [0.15, 0.2) is 79.1 Å². The minimum atomic E-state index is 0.511. The van der Waals surface area contributed by atoms with Crippen molar-refractivity contribution in [2.24, 2.45) is 0 Å². The summed E-state index contributed by atoms with van der Waals surface area (Å²) in [6.45, 7) is 0.511. The summed E-state index contributed by atoms with van der Waals surface area (Å²) >= 11 is 0. The summed E-state index contributed by atoms with van der Waals surface area (Å²) in [5.74, 6) is 0.768. The van der Waals surface area contributed by atoms with Crippen molar-refractivity contribution in [3.63, 3.8) is 0 Å². The molecule has 0 saturated carbocycles. The van der Waals surface area contributed by atoms with E-state index in [1.807, 2.05) is 72.8 Å². The van der Waals surface area contributed by atoms with Crippen LogP contribution in [0.25, 0.3) is 11.6 Å². The molecule has 0 N–H and O–H groups in total. The lowest BCUT2D eigenvalue weighted by atomic mass is 10.1. The highest BCUT2D eigenvalue weighted by Crippen LogP contribution is 2.20. The number of benzene rings is 2. The molecule has 0 atom stereocenters. The van der Waals surface area contributed by atoms with Gasteiger partial charge in [-0.15, -0.1) is 0 Å². The monoisotopic (exact) mass is 315 g/mol. The number of nitrogens with zero attached hydrogens (tertiary/aromatic N) is 1. The minimum Gasteiger partial charge on any atom is -0.489 e. The molecule has 0 saturated heterocycles. The summed E-state index contributed by atoms with van der Waals surface area (Å²) in [5.41, 5.74) is 3.40. The van der Waals surface area contributed by atoms with Gasteiger partial charge in [0.05, 0.1) is 0 Å². The maximum Gasteiger partial charge on any atom is 0.150 e. The molecule has 3 heteroatoms. The van der Waals surface area contributed by atoms with Crippen LogP contribution in [0.3, 0.4) is 0 Å². The maximum absolute atomic E-state index is 11.4. The number of allylic oxidation sites excluding steroid dienone is 1. The number of rotatable bonds is 6. The molecule has 3 nitrogen and oxygen atoms in total. The van der Waals surface area contributed by atoms with Gasteiger partial charge in [0.1, 0.15) is 12.4 Å². The molecule has 0 radical (unpaired) electrons. The van der Waals surface area contributed by atoms with E-state index in [2.05, 4.69) is 4.98 Å². The van der Waals surface area contributed by atoms with E-state index >= 15 is 0 Å². The van der Waals surface area contributed by atoms with Crippen molar-refractivity contribution in [2.45, 2.75) is 6.61 Å². The van der Waals surface area contributed by atoms with Crippen molar-refractivity contribution in [1.82, 2.24) is 4.98 Å². The molecular weight excluding hydrogens is 298 g/mol. The van der Waals surface area contributed by atoms with Crippen molar-refractivity contribution < 1.29 is 9.53 Å². The predicted octanol–water partition coefficient (Wildman–Crippen LogP) is 4.40. The highest BCUT2D eigenvalue weighted by Gasteiger charge is 2.02. The first-order valence-corrected chi connectivity index (χ1v) is 7.69. The highest BCUT2D eigenvalue weighted by atomic mass is 16.5. The Kier molecular flexibility index (Phi) is 5.15. The molecule has 0 fully saturated rings. The fourth-order valence-corrected chi connectivity index (χ4v) is 2.33. The third-order valence-corrected chi connectivity index (χ3v) is 3.55. The number of pyridine rings is 1. The van der Waals surface area contributed by atoms with Crippen molar-refractivity contribution in [3.05, 3.63) is 95.8 Å². The largest absolute Gasteiger partial charge is 0.489 e. The second-order valence-electron chi connectivity index (χ2n) is 5.31. The first kappa shape index (κ1) is 15.7. The highest BCUT2D eigenvalue weighted by molar-refractivity contribution is 6.13. The second kappa shape index (κ2) is 7.88. The van der Waals surface area contributed by atoms with E-state index in [1.165, 1.54) is 0 Å². The summed E-state index contributed by atoms with van der Waals surface area (Å²) in [5, 5.41) is 0. The van der Waals surface area contributed by atoms with Crippen LogP contribution >= 0.6 is 0 Å². The van der Waals surface area contributed by atoms with E-state index in [9.17, 15) is 4.79 Å². The van der Waals surface area contributed by atoms with E-state index in [0.29, 0.717) is 12.2 Å². The molecular formula is C21H17NO2. The van der Waals surface area contributed by atoms with E-state index < -0.39 is 0 Å². The smallest absolute Gasteiger partial charge is 0.150 e. The van der Waals surface area contributed by atoms with Crippen molar-refractivity contribution >= 4 is 17.9 Å². The van der Waals surface area contributed by atoms with Crippen LogP contribution in [-0.4, -0.2) is 11.3 Å². The molecule has 0 amide bonds. The molecule has 118 valence electrons. The minimum absolute atomic E-state index is 0.511. The molecule has 0 aliphatic carbocycles. The average molecular weight is 315 g/mol. The Labute approximate surface area is 141 Å². The number of hydrogen-bond acceptors (Lipinski definition) is 3. The number of aldehydes is 1. The second-order valence-corrected chi connectivity index (χ2v) is 5.31. The molecule has 0 spiro atoms. The van der Waals surface area contributed by atoms with Gasteiger partial charge in [-0.1, -0.05) is 48.5 Å². The Bertz CT molecular complexity index is 827. The lowest BCUT2D eigenvalue weighted by Crippen LogP contribution is -1.95. The Morgan fingerprint density at radius 2 is 1.88 bits per heavy atom. The number of carbonyl (C=O) groups excluding carboxylic acids is 1. The molecule has 0 unspecified atom stereocenters. The van der Waals surface area contributed by atoms with Gasteiger partial charge in [-0.05, 0) is 35.4 Å². The first-order chi connectivity index (χ1) is 11.8. The fourth-order valence-electron chi connectivity index (χ4n) is 2.33. The number of carbonyl (C=O) groups is 1. The average Bonchev–Trinajstić information content (AvgIpc) is 2.66. The van der Waals surface area contributed by atoms with E-state index in [-0.39, 0.29) is 0 Å². The zero-order chi connectivity index (χ0) is 16.6. The van der Waals surface area contributed by atoms with Crippen LogP contribution in [0.2, 0.25) is 0 Å². The van der Waals surface area contributed by atoms with Gasteiger partial charge in [0.2, 0.25) is 0 Å². The van der Waals surface area contributed by atoms with Crippen molar-refractivity contribution in [1.29, 1.82) is 0 Å². The van der Waals surface area contributed by atoms with Gasteiger partial charge in [0.25, 0.3) is 0 Å². The lowest BCUT2D eigenvalue weighted by molar-refractivity contribution is -0.103. The van der Waals surface area contributed by atoms with Gasteiger partial charge in [0, 0.05) is 23.5 Å². The maximum atomic E-state index is 11.4. The molecule has 24 heavy (non-hydrogen) atoms. The lowest BCUT2D eigenvalue weighted by Gasteiger charge is -2.07. The molecule has 3 rings (SSSR count). The van der Waals surface area contributed by atoms with Crippen LogP contribution < -0.4 is 4.74 Å².